The van der Waals surface area contributed by atoms with Gasteiger partial charge in [0.2, 0.25) is 29.5 Å². The molecule has 0 aliphatic carbocycles. The van der Waals surface area contributed by atoms with E-state index in [4.69, 9.17) is 17.2 Å². The highest BCUT2D eigenvalue weighted by molar-refractivity contribution is 5.95. The Hall–Kier alpha value is -4.20. The summed E-state index contributed by atoms with van der Waals surface area (Å²) < 4.78 is 0. The number of primary amides is 2. The highest BCUT2D eigenvalue weighted by atomic mass is 16.4. The van der Waals surface area contributed by atoms with Crippen LogP contribution in [0.15, 0.2) is 24.3 Å². The summed E-state index contributed by atoms with van der Waals surface area (Å²) in [5, 5.41) is 25.8. The normalized spacial score (nSPS) is 14.0. The molecule has 14 heteroatoms. The largest absolute Gasteiger partial charge is 0.508 e. The Labute approximate surface area is 200 Å². The number of rotatable bonds is 14. The van der Waals surface area contributed by atoms with Crippen molar-refractivity contribution in [3.63, 3.8) is 0 Å². The van der Waals surface area contributed by atoms with Crippen LogP contribution in [0.5, 0.6) is 5.75 Å². The minimum atomic E-state index is -1.45. The van der Waals surface area contributed by atoms with Crippen LogP contribution in [0, 0.1) is 0 Å². The van der Waals surface area contributed by atoms with Gasteiger partial charge in [-0.2, -0.15) is 0 Å². The molecular weight excluding hydrogens is 464 g/mol. The quantitative estimate of drug-likeness (QED) is 0.130. The fourth-order valence-electron chi connectivity index (χ4n) is 2.89. The summed E-state index contributed by atoms with van der Waals surface area (Å²) in [6.45, 7) is 1.31. The third-order valence-corrected chi connectivity index (χ3v) is 4.81. The number of hydrogen-bond donors (Lipinski definition) is 8. The molecule has 0 saturated carbocycles. The fraction of sp³-hybridized carbons (Fsp3) is 0.429. The second-order valence-corrected chi connectivity index (χ2v) is 7.84. The Balaban J connectivity index is 2.99. The standard InChI is InChI=1S/C21H30N6O8/c1-10(25-19(32)13(22)9-17(24)30)18(31)27-15(8-11-2-4-12(28)5-3-11)20(33)26-14(21(34)35)6-7-16(23)29/h2-5,10,13-15,28H,6-9,22H2,1H3,(H2,23,29)(H2,24,30)(H,25,32)(H,26,33)(H,27,31)(H,34,35). The van der Waals surface area contributed by atoms with E-state index < -0.39 is 66.1 Å². The van der Waals surface area contributed by atoms with E-state index in [1.165, 1.54) is 31.2 Å². The number of phenols is 1. The first-order valence-electron chi connectivity index (χ1n) is 10.5. The predicted octanol–water partition coefficient (Wildman–Crippen LogP) is -3.04. The molecular formula is C21H30N6O8. The summed E-state index contributed by atoms with van der Waals surface area (Å²) in [6.07, 6.45) is -1.09. The van der Waals surface area contributed by atoms with Crippen LogP contribution in [0.2, 0.25) is 0 Å². The lowest BCUT2D eigenvalue weighted by molar-refractivity contribution is -0.142. The van der Waals surface area contributed by atoms with Crippen molar-refractivity contribution in [2.45, 2.75) is 56.8 Å². The van der Waals surface area contributed by atoms with Crippen LogP contribution < -0.4 is 33.2 Å². The van der Waals surface area contributed by atoms with Gasteiger partial charge in [0.15, 0.2) is 0 Å². The summed E-state index contributed by atoms with van der Waals surface area (Å²) >= 11 is 0. The molecule has 0 aromatic heterocycles. The van der Waals surface area contributed by atoms with Gasteiger partial charge >= 0.3 is 5.97 Å². The lowest BCUT2D eigenvalue weighted by atomic mass is 10.0. The van der Waals surface area contributed by atoms with E-state index in [-0.39, 0.29) is 25.0 Å². The van der Waals surface area contributed by atoms with Crippen molar-refractivity contribution in [2.24, 2.45) is 17.2 Å². The van der Waals surface area contributed by atoms with E-state index in [1.807, 2.05) is 0 Å². The molecule has 0 saturated heterocycles. The van der Waals surface area contributed by atoms with Crippen LogP contribution in [0.3, 0.4) is 0 Å². The van der Waals surface area contributed by atoms with E-state index in [2.05, 4.69) is 16.0 Å². The zero-order chi connectivity index (χ0) is 26.7. The third-order valence-electron chi connectivity index (χ3n) is 4.81. The van der Waals surface area contributed by atoms with Crippen molar-refractivity contribution < 1.29 is 39.0 Å². The molecule has 0 aliphatic rings. The Kier molecular flexibility index (Phi) is 11.1. The van der Waals surface area contributed by atoms with Gasteiger partial charge in [0.05, 0.1) is 12.5 Å². The fourth-order valence-corrected chi connectivity index (χ4v) is 2.89. The van der Waals surface area contributed by atoms with E-state index >= 15 is 0 Å². The maximum absolute atomic E-state index is 12.9. The molecule has 5 amide bonds. The second-order valence-electron chi connectivity index (χ2n) is 7.84. The van der Waals surface area contributed by atoms with Gasteiger partial charge in [0.1, 0.15) is 23.9 Å². The van der Waals surface area contributed by atoms with Crippen molar-refractivity contribution in [1.29, 1.82) is 0 Å². The number of carbonyl (C=O) groups is 6. The smallest absolute Gasteiger partial charge is 0.326 e. The molecule has 0 aliphatic heterocycles. The van der Waals surface area contributed by atoms with Gasteiger partial charge in [-0.15, -0.1) is 0 Å². The molecule has 14 nitrogen and oxygen atoms in total. The maximum atomic E-state index is 12.9. The van der Waals surface area contributed by atoms with E-state index in [0.717, 1.165) is 0 Å². The van der Waals surface area contributed by atoms with Crippen molar-refractivity contribution in [3.05, 3.63) is 29.8 Å². The zero-order valence-electron chi connectivity index (χ0n) is 19.0. The average molecular weight is 495 g/mol. The minimum absolute atomic E-state index is 0.0279. The molecule has 1 rings (SSSR count). The minimum Gasteiger partial charge on any atom is -0.508 e. The Morgan fingerprint density at radius 3 is 1.94 bits per heavy atom. The maximum Gasteiger partial charge on any atom is 0.326 e. The monoisotopic (exact) mass is 494 g/mol. The number of hydrogen-bond acceptors (Lipinski definition) is 8. The van der Waals surface area contributed by atoms with Gasteiger partial charge in [-0.3, -0.25) is 24.0 Å². The van der Waals surface area contributed by atoms with Crippen molar-refractivity contribution in [2.75, 3.05) is 0 Å². The zero-order valence-corrected chi connectivity index (χ0v) is 19.0. The molecule has 1 aromatic rings. The number of benzene rings is 1. The number of nitrogens with two attached hydrogens (primary N) is 3. The summed E-state index contributed by atoms with van der Waals surface area (Å²) in [7, 11) is 0. The van der Waals surface area contributed by atoms with Crippen LogP contribution >= 0.6 is 0 Å². The SMILES string of the molecule is CC(NC(=O)C(N)CC(N)=O)C(=O)NC(Cc1ccc(O)cc1)C(=O)NC(CCC(N)=O)C(=O)O. The van der Waals surface area contributed by atoms with Gasteiger partial charge in [0.25, 0.3) is 0 Å². The molecule has 35 heavy (non-hydrogen) atoms. The van der Waals surface area contributed by atoms with Crippen molar-refractivity contribution >= 4 is 35.5 Å². The lowest BCUT2D eigenvalue weighted by Gasteiger charge is -2.24. The number of nitrogens with one attached hydrogen (secondary N) is 3. The summed E-state index contributed by atoms with van der Waals surface area (Å²) in [6, 6.07) is 0.528. The van der Waals surface area contributed by atoms with Gasteiger partial charge in [0, 0.05) is 12.8 Å². The van der Waals surface area contributed by atoms with Gasteiger partial charge < -0.3 is 43.4 Å². The number of aromatic hydroxyl groups is 1. The molecule has 0 radical (unpaired) electrons. The Bertz CT molecular complexity index is 952. The number of carbonyl (C=O) groups excluding carboxylic acids is 5. The van der Waals surface area contributed by atoms with E-state index in [9.17, 15) is 39.0 Å². The first-order chi connectivity index (χ1) is 16.3. The molecule has 0 spiro atoms. The second kappa shape index (κ2) is 13.5. The molecule has 4 unspecified atom stereocenters. The topological polar surface area (TPSA) is 257 Å². The number of phenolic OH excluding ortho intramolecular Hbond substituents is 1. The molecule has 11 N–H and O–H groups in total. The van der Waals surface area contributed by atoms with E-state index in [0.29, 0.717) is 5.56 Å². The number of aliphatic carboxylic acids is 1. The average Bonchev–Trinajstić information content (AvgIpc) is 2.76. The summed E-state index contributed by atoms with van der Waals surface area (Å²) in [4.78, 5) is 71.0. The number of carboxylic acids is 1. The third kappa shape index (κ3) is 10.5. The van der Waals surface area contributed by atoms with E-state index in [1.54, 1.807) is 0 Å². The Morgan fingerprint density at radius 2 is 1.43 bits per heavy atom. The van der Waals surface area contributed by atoms with Gasteiger partial charge in [-0.1, -0.05) is 12.1 Å². The van der Waals surface area contributed by atoms with Crippen LogP contribution in [0.1, 0.15) is 31.7 Å². The highest BCUT2D eigenvalue weighted by Gasteiger charge is 2.29. The molecule has 192 valence electrons. The summed E-state index contributed by atoms with van der Waals surface area (Å²) in [5.41, 5.74) is 16.1. The van der Waals surface area contributed by atoms with Crippen LogP contribution in [-0.2, 0) is 35.2 Å². The molecule has 0 bridgehead atoms. The van der Waals surface area contributed by atoms with Gasteiger partial charge in [-0.25, -0.2) is 4.79 Å². The first-order valence-corrected chi connectivity index (χ1v) is 10.5. The molecule has 0 fully saturated rings. The van der Waals surface area contributed by atoms with Crippen LogP contribution in [0.25, 0.3) is 0 Å². The summed E-state index contributed by atoms with van der Waals surface area (Å²) in [5.74, 6) is -5.47. The van der Waals surface area contributed by atoms with Crippen LogP contribution in [-0.4, -0.2) is 69.9 Å². The first kappa shape index (κ1) is 28.8. The lowest BCUT2D eigenvalue weighted by Crippen LogP contribution is -2.57. The highest BCUT2D eigenvalue weighted by Crippen LogP contribution is 2.12. The number of carboxylic acid groups (broad SMARTS) is 1. The predicted molar refractivity (Wildman–Crippen MR) is 121 cm³/mol. The van der Waals surface area contributed by atoms with Crippen molar-refractivity contribution in [3.8, 4) is 5.75 Å². The molecule has 0 heterocycles. The molecule has 1 aromatic carbocycles. The molecule has 4 atom stereocenters. The van der Waals surface area contributed by atoms with Gasteiger partial charge in [-0.05, 0) is 31.0 Å². The Morgan fingerprint density at radius 1 is 0.857 bits per heavy atom. The number of amides is 5. The van der Waals surface area contributed by atoms with Crippen molar-refractivity contribution in [1.82, 2.24) is 16.0 Å². The van der Waals surface area contributed by atoms with Crippen LogP contribution in [0.4, 0.5) is 0 Å².